The highest BCUT2D eigenvalue weighted by Gasteiger charge is 2.78. The third-order valence-electron chi connectivity index (χ3n) is 13.7. The van der Waals surface area contributed by atoms with Crippen molar-refractivity contribution in [2.24, 2.45) is 56.2 Å². The van der Waals surface area contributed by atoms with Gasteiger partial charge < -0.3 is 14.6 Å². The number of aliphatic hydroxyl groups is 1. The second-order valence-corrected chi connectivity index (χ2v) is 15.7. The van der Waals surface area contributed by atoms with Gasteiger partial charge in [-0.2, -0.15) is 0 Å². The van der Waals surface area contributed by atoms with Crippen molar-refractivity contribution >= 4 is 6.29 Å². The summed E-state index contributed by atoms with van der Waals surface area (Å²) in [5.74, 6) is 2.12. The van der Waals surface area contributed by atoms with Gasteiger partial charge in [0.2, 0.25) is 0 Å². The molecule has 1 saturated heterocycles. The van der Waals surface area contributed by atoms with Crippen LogP contribution in [-0.4, -0.2) is 29.7 Å². The summed E-state index contributed by atoms with van der Waals surface area (Å²) < 4.78 is 6.78. The van der Waals surface area contributed by atoms with Crippen molar-refractivity contribution in [3.05, 3.63) is 0 Å². The van der Waals surface area contributed by atoms with Crippen LogP contribution >= 0.6 is 0 Å². The molecular formula is C30H48O3. The molecule has 33 heavy (non-hydrogen) atoms. The number of ether oxygens (including phenoxy) is 1. The number of fused-ring (bicyclic) bond motifs is 10. The number of carbonyl (C=O) groups is 1. The van der Waals surface area contributed by atoms with E-state index in [4.69, 9.17) is 4.74 Å². The maximum Gasteiger partial charge on any atom is 0.126 e. The van der Waals surface area contributed by atoms with Crippen LogP contribution in [0.25, 0.3) is 0 Å². The molecule has 11 atom stereocenters. The summed E-state index contributed by atoms with van der Waals surface area (Å²) in [6.07, 6.45) is 12.1. The maximum atomic E-state index is 12.7. The average molecular weight is 457 g/mol. The summed E-state index contributed by atoms with van der Waals surface area (Å²) in [5, 5.41) is 10.9. The topological polar surface area (TPSA) is 49.8 Å². The van der Waals surface area contributed by atoms with Gasteiger partial charge in [-0.15, -0.1) is 0 Å². The highest BCUT2D eigenvalue weighted by molar-refractivity contribution is 5.61. The Hall–Kier alpha value is -0.410. The van der Waals surface area contributed by atoms with Crippen molar-refractivity contribution in [2.75, 3.05) is 0 Å². The molecule has 0 amide bonds. The molecule has 0 spiro atoms. The molecule has 3 heteroatoms. The van der Waals surface area contributed by atoms with Crippen LogP contribution in [0.1, 0.15) is 106 Å². The van der Waals surface area contributed by atoms with Crippen LogP contribution in [0, 0.1) is 56.2 Å². The highest BCUT2D eigenvalue weighted by Crippen LogP contribution is 2.79. The maximum absolute atomic E-state index is 12.7. The number of aliphatic hydroxyl groups excluding tert-OH is 1. The third kappa shape index (κ3) is 2.63. The monoisotopic (exact) mass is 456 g/mol. The number of hydrogen-bond acceptors (Lipinski definition) is 3. The molecule has 3 nitrogen and oxygen atoms in total. The van der Waals surface area contributed by atoms with Crippen LogP contribution in [0.2, 0.25) is 0 Å². The van der Waals surface area contributed by atoms with Gasteiger partial charge in [-0.05, 0) is 109 Å². The largest absolute Gasteiger partial charge is 0.393 e. The second kappa shape index (κ2) is 6.47. The van der Waals surface area contributed by atoms with E-state index >= 15 is 0 Å². The number of epoxide rings is 1. The van der Waals surface area contributed by atoms with E-state index in [-0.39, 0.29) is 33.2 Å². The first-order valence-electron chi connectivity index (χ1n) is 14.1. The molecule has 1 N–H and O–H groups in total. The number of hydrogen-bond donors (Lipinski definition) is 1. The lowest BCUT2D eigenvalue weighted by molar-refractivity contribution is -0.241. The number of rotatable bonds is 1. The fourth-order valence-corrected chi connectivity index (χ4v) is 11.6. The average Bonchev–Trinajstić information content (AvgIpc) is 3.50. The van der Waals surface area contributed by atoms with E-state index in [9.17, 15) is 9.90 Å². The van der Waals surface area contributed by atoms with Crippen molar-refractivity contribution < 1.29 is 14.6 Å². The van der Waals surface area contributed by atoms with E-state index in [1.54, 1.807) is 0 Å². The van der Waals surface area contributed by atoms with E-state index in [0.29, 0.717) is 41.3 Å². The van der Waals surface area contributed by atoms with Crippen LogP contribution < -0.4 is 0 Å². The van der Waals surface area contributed by atoms with Crippen molar-refractivity contribution in [3.8, 4) is 0 Å². The minimum atomic E-state index is -0.185. The van der Waals surface area contributed by atoms with Crippen molar-refractivity contribution in [2.45, 2.75) is 125 Å². The highest BCUT2D eigenvalue weighted by atomic mass is 16.6. The van der Waals surface area contributed by atoms with Gasteiger partial charge in [0.15, 0.2) is 0 Å². The quantitative estimate of drug-likeness (QED) is 0.366. The molecule has 0 aromatic rings. The molecule has 6 aliphatic rings. The third-order valence-corrected chi connectivity index (χ3v) is 13.7. The van der Waals surface area contributed by atoms with Gasteiger partial charge in [0.05, 0.1) is 18.3 Å². The Morgan fingerprint density at radius 1 is 0.818 bits per heavy atom. The zero-order chi connectivity index (χ0) is 23.8. The Morgan fingerprint density at radius 3 is 2.21 bits per heavy atom. The van der Waals surface area contributed by atoms with E-state index in [2.05, 4.69) is 48.5 Å². The van der Waals surface area contributed by atoms with Crippen molar-refractivity contribution in [1.29, 1.82) is 0 Å². The lowest BCUT2D eigenvalue weighted by Crippen LogP contribution is -2.69. The zero-order valence-electron chi connectivity index (χ0n) is 22.2. The Bertz CT molecular complexity index is 863. The standard InChI is InChI=1S/C30H48O3/c1-25(2)12-14-30(17-31)15-13-28(6)21(18(30)16-25)22-23(33-22)24-27(5)10-9-20(32)26(3,4)19(27)8-11-29(24,28)7/h17-24,32H,8-16H2,1-7H3. The van der Waals surface area contributed by atoms with Crippen LogP contribution in [0.4, 0.5) is 0 Å². The molecule has 1 heterocycles. The zero-order valence-corrected chi connectivity index (χ0v) is 22.2. The Morgan fingerprint density at radius 2 is 1.52 bits per heavy atom. The molecule has 186 valence electrons. The van der Waals surface area contributed by atoms with Gasteiger partial charge in [0, 0.05) is 5.41 Å². The molecule has 6 rings (SSSR count). The van der Waals surface area contributed by atoms with Gasteiger partial charge in [-0.3, -0.25) is 0 Å². The summed E-state index contributed by atoms with van der Waals surface area (Å²) in [7, 11) is 0. The van der Waals surface area contributed by atoms with E-state index in [1.807, 2.05) is 0 Å². The lowest BCUT2D eigenvalue weighted by Gasteiger charge is -2.72. The summed E-state index contributed by atoms with van der Waals surface area (Å²) in [6.45, 7) is 17.3. The molecule has 0 aromatic carbocycles. The Balaban J connectivity index is 1.44. The van der Waals surface area contributed by atoms with E-state index < -0.39 is 0 Å². The van der Waals surface area contributed by atoms with Crippen LogP contribution in [0.3, 0.4) is 0 Å². The van der Waals surface area contributed by atoms with Crippen LogP contribution in [0.5, 0.6) is 0 Å². The minimum Gasteiger partial charge on any atom is -0.393 e. The van der Waals surface area contributed by atoms with Gasteiger partial charge in [0.25, 0.3) is 0 Å². The first-order chi connectivity index (χ1) is 15.3. The smallest absolute Gasteiger partial charge is 0.126 e. The Labute approximate surface area is 201 Å². The number of aldehydes is 1. The van der Waals surface area contributed by atoms with Crippen molar-refractivity contribution in [1.82, 2.24) is 0 Å². The van der Waals surface area contributed by atoms with Crippen molar-refractivity contribution in [3.63, 3.8) is 0 Å². The normalized spacial score (nSPS) is 60.3. The minimum absolute atomic E-state index is 0.0247. The number of carbonyl (C=O) groups excluding carboxylic acids is 1. The Kier molecular flexibility index (Phi) is 4.51. The van der Waals surface area contributed by atoms with E-state index in [1.165, 1.54) is 38.4 Å². The van der Waals surface area contributed by atoms with Crippen LogP contribution in [0.15, 0.2) is 0 Å². The van der Waals surface area contributed by atoms with Crippen LogP contribution in [-0.2, 0) is 9.53 Å². The summed E-state index contributed by atoms with van der Waals surface area (Å²) in [6, 6.07) is 0. The summed E-state index contributed by atoms with van der Waals surface area (Å²) in [5.41, 5.74) is 0.892. The molecule has 6 fully saturated rings. The summed E-state index contributed by atoms with van der Waals surface area (Å²) in [4.78, 5) is 12.7. The molecule has 0 radical (unpaired) electrons. The first kappa shape index (κ1) is 23.0. The fourth-order valence-electron chi connectivity index (χ4n) is 11.6. The molecule has 5 aliphatic carbocycles. The molecule has 0 aromatic heterocycles. The van der Waals surface area contributed by atoms with E-state index in [0.717, 1.165) is 25.7 Å². The molecule has 11 unspecified atom stereocenters. The molecule has 1 aliphatic heterocycles. The predicted molar refractivity (Wildman–Crippen MR) is 131 cm³/mol. The SMILES string of the molecule is CC1(C)CCC2(C=O)CCC3(C)C(C4OC4C4C5(C)CCC(O)C(C)(C)C5CCC43C)C2C1. The fraction of sp³-hybridized carbons (Fsp3) is 0.967. The molecular weight excluding hydrogens is 408 g/mol. The summed E-state index contributed by atoms with van der Waals surface area (Å²) >= 11 is 0. The molecule has 5 saturated carbocycles. The van der Waals surface area contributed by atoms with Gasteiger partial charge in [-0.1, -0.05) is 48.5 Å². The van der Waals surface area contributed by atoms with Gasteiger partial charge >= 0.3 is 0 Å². The van der Waals surface area contributed by atoms with Gasteiger partial charge in [0.1, 0.15) is 6.29 Å². The predicted octanol–water partition coefficient (Wildman–Crippen LogP) is 6.42. The lowest BCUT2D eigenvalue weighted by atomic mass is 9.31. The molecule has 0 bridgehead atoms. The first-order valence-corrected chi connectivity index (χ1v) is 14.1. The second-order valence-electron chi connectivity index (χ2n) is 15.7. The van der Waals surface area contributed by atoms with Gasteiger partial charge in [-0.25, -0.2) is 0 Å².